The van der Waals surface area contributed by atoms with E-state index in [4.69, 9.17) is 19.7 Å². The van der Waals surface area contributed by atoms with Crippen LogP contribution in [0, 0.1) is 17.7 Å². The standard InChI is InChI=1S/C52H62FN9O5/c1-3-33-6-4-7-34-25-37(63)26-39(45(33)34)47-46(53)48-40(27-54-47)49(61-28-35-10-11-36(29-61)58(35)2)57-52(56-48)67-23-22-59-18-14-31(15-19-59)24-32-16-20-60(21-17-32)42-9-5-8-38-41(42)30-62(51(38)66)43-12-13-44(64)55-50(43)65/h4-9,25-27,31-32,35-36,43-44,63-64H,3,10-24,28-30H2,1-2H3,(H,55,65). The van der Waals surface area contributed by atoms with Crippen molar-refractivity contribution in [3.63, 3.8) is 0 Å². The number of phenols is 1. The number of nitrogens with one attached hydrogen (secondary N) is 1. The number of aliphatic hydroxyl groups excluding tert-OH is 1. The van der Waals surface area contributed by atoms with Gasteiger partial charge in [0.2, 0.25) is 5.91 Å². The molecule has 5 fully saturated rings. The fraction of sp³-hybridized carbons (Fsp3) is 0.519. The highest BCUT2D eigenvalue weighted by atomic mass is 19.1. The summed E-state index contributed by atoms with van der Waals surface area (Å²) in [6.45, 7) is 9.10. The first-order chi connectivity index (χ1) is 32.6. The van der Waals surface area contributed by atoms with Gasteiger partial charge in [0.05, 0.1) is 5.39 Å². The number of halogens is 1. The average Bonchev–Trinajstić information content (AvgIpc) is 3.75. The summed E-state index contributed by atoms with van der Waals surface area (Å²) in [4.78, 5) is 51.9. The van der Waals surface area contributed by atoms with Crippen LogP contribution in [0.1, 0.15) is 86.2 Å². The summed E-state index contributed by atoms with van der Waals surface area (Å²) in [6, 6.07) is 15.6. The lowest BCUT2D eigenvalue weighted by atomic mass is 9.82. The Bertz CT molecular complexity index is 2690. The van der Waals surface area contributed by atoms with E-state index in [2.05, 4.69) is 45.0 Å². The van der Waals surface area contributed by atoms with E-state index in [-0.39, 0.29) is 34.8 Å². The second-order valence-corrected chi connectivity index (χ2v) is 20.0. The summed E-state index contributed by atoms with van der Waals surface area (Å²) in [7, 11) is 2.20. The number of rotatable bonds is 11. The highest BCUT2D eigenvalue weighted by Crippen LogP contribution is 2.41. The minimum absolute atomic E-state index is 0.0549. The van der Waals surface area contributed by atoms with Gasteiger partial charge in [-0.15, -0.1) is 0 Å². The molecule has 0 saturated carbocycles. The van der Waals surface area contributed by atoms with Crippen LogP contribution in [0.5, 0.6) is 11.8 Å². The molecule has 6 aliphatic rings. The number of amides is 2. The Balaban J connectivity index is 0.726. The fourth-order valence-corrected chi connectivity index (χ4v) is 12.3. The Hall–Kier alpha value is -5.64. The van der Waals surface area contributed by atoms with Gasteiger partial charge in [-0.25, -0.2) is 4.39 Å². The van der Waals surface area contributed by atoms with Crippen LogP contribution < -0.4 is 19.9 Å². The summed E-state index contributed by atoms with van der Waals surface area (Å²) in [5.74, 6) is 1.12. The lowest BCUT2D eigenvalue weighted by Gasteiger charge is -2.39. The van der Waals surface area contributed by atoms with E-state index in [1.807, 2.05) is 30.3 Å². The van der Waals surface area contributed by atoms with Crippen molar-refractivity contribution in [2.24, 2.45) is 11.8 Å². The molecule has 5 aromatic rings. The zero-order chi connectivity index (χ0) is 45.9. The van der Waals surface area contributed by atoms with Gasteiger partial charge >= 0.3 is 6.01 Å². The summed E-state index contributed by atoms with van der Waals surface area (Å²) in [6.07, 6.45) is 10.5. The second kappa shape index (κ2) is 18.1. The number of hydrogen-bond acceptors (Lipinski definition) is 12. The third-order valence-corrected chi connectivity index (χ3v) is 16.1. The van der Waals surface area contributed by atoms with Gasteiger partial charge in [-0.1, -0.05) is 31.2 Å². The minimum atomic E-state index is -0.847. The number of nitrogens with zero attached hydrogens (tertiary/aromatic N) is 8. The molecule has 2 bridgehead atoms. The van der Waals surface area contributed by atoms with Crippen LogP contribution in [-0.2, 0) is 17.8 Å². The van der Waals surface area contributed by atoms with Crippen LogP contribution in [0.2, 0.25) is 0 Å². The van der Waals surface area contributed by atoms with E-state index in [9.17, 15) is 19.8 Å². The first kappa shape index (κ1) is 43.9. The molecule has 67 heavy (non-hydrogen) atoms. The number of aliphatic hydroxyl groups is 1. The van der Waals surface area contributed by atoms with Gasteiger partial charge in [-0.2, -0.15) is 9.97 Å². The third kappa shape index (κ3) is 8.30. The molecule has 352 valence electrons. The molecule has 0 aliphatic carbocycles. The van der Waals surface area contributed by atoms with E-state index >= 15 is 4.39 Å². The number of carbonyl (C=O) groups excluding carboxylic acids is 2. The Morgan fingerprint density at radius 2 is 1.61 bits per heavy atom. The molecule has 0 spiro atoms. The second-order valence-electron chi connectivity index (χ2n) is 20.0. The molecular weight excluding hydrogens is 850 g/mol. The Kier molecular flexibility index (Phi) is 11.9. The molecule has 3 aromatic carbocycles. The van der Waals surface area contributed by atoms with Crippen LogP contribution in [0.15, 0.2) is 54.7 Å². The van der Waals surface area contributed by atoms with Crippen molar-refractivity contribution in [1.29, 1.82) is 0 Å². The van der Waals surface area contributed by atoms with Gasteiger partial charge in [-0.3, -0.25) is 24.4 Å². The SMILES string of the molecule is CCc1cccc2cc(O)cc(-c3ncc4c(N5CC6CCC(C5)N6C)nc(OCCN5CCC(CC6CCN(c7cccc8c7CN(C7CCC(O)NC7=O)C8=O)CC6)CC5)nc4c3F)c12. The van der Waals surface area contributed by atoms with Crippen molar-refractivity contribution in [3.8, 4) is 23.0 Å². The third-order valence-electron chi connectivity index (χ3n) is 16.1. The van der Waals surface area contributed by atoms with Crippen molar-refractivity contribution in [3.05, 3.63) is 77.2 Å². The minimum Gasteiger partial charge on any atom is -0.508 e. The van der Waals surface area contributed by atoms with Crippen molar-refractivity contribution < 1.29 is 28.9 Å². The quantitative estimate of drug-likeness (QED) is 0.133. The molecule has 4 unspecified atom stereocenters. The zero-order valence-corrected chi connectivity index (χ0v) is 38.7. The number of hydrogen-bond donors (Lipinski definition) is 3. The van der Waals surface area contributed by atoms with E-state index in [0.29, 0.717) is 72.2 Å². The van der Waals surface area contributed by atoms with Crippen LogP contribution >= 0.6 is 0 Å². The number of likely N-dealkylation sites (tertiary alicyclic amines) is 1. The normalized spacial score (nSPS) is 24.3. The van der Waals surface area contributed by atoms with Gasteiger partial charge in [0, 0.05) is 79.9 Å². The summed E-state index contributed by atoms with van der Waals surface area (Å²) in [5, 5.41) is 25.5. The molecule has 11 rings (SSSR count). The molecule has 0 radical (unpaired) electrons. The fourth-order valence-electron chi connectivity index (χ4n) is 12.3. The van der Waals surface area contributed by atoms with Crippen LogP contribution in [0.25, 0.3) is 32.9 Å². The summed E-state index contributed by atoms with van der Waals surface area (Å²) in [5.41, 5.74) is 4.72. The number of phenolic OH excluding ortho intramolecular Hbond substituents is 1. The molecule has 3 N–H and O–H groups in total. The maximum absolute atomic E-state index is 17.1. The number of likely N-dealkylation sites (N-methyl/N-ethyl adjacent to an activating group) is 1. The lowest BCUT2D eigenvalue weighted by Crippen LogP contribution is -2.54. The van der Waals surface area contributed by atoms with Gasteiger partial charge in [0.15, 0.2) is 5.82 Å². The van der Waals surface area contributed by atoms with Gasteiger partial charge < -0.3 is 35.0 Å². The molecule has 15 heteroatoms. The molecule has 2 amide bonds. The first-order valence-corrected chi connectivity index (χ1v) is 24.7. The number of piperidine rings is 3. The van der Waals surface area contributed by atoms with Crippen LogP contribution in [-0.4, -0.2) is 136 Å². The average molecular weight is 912 g/mol. The van der Waals surface area contributed by atoms with E-state index in [0.717, 1.165) is 118 Å². The number of fused-ring (bicyclic) bond motifs is 5. The van der Waals surface area contributed by atoms with Gasteiger partial charge in [0.25, 0.3) is 5.91 Å². The number of aryl methyl sites for hydroxylation is 1. The molecular formula is C52H62FN9O5. The zero-order valence-electron chi connectivity index (χ0n) is 38.7. The number of piperazine rings is 1. The Morgan fingerprint density at radius 3 is 2.36 bits per heavy atom. The van der Waals surface area contributed by atoms with Crippen molar-refractivity contribution in [1.82, 2.24) is 35.0 Å². The lowest BCUT2D eigenvalue weighted by molar-refractivity contribution is -0.132. The predicted octanol–water partition coefficient (Wildman–Crippen LogP) is 6.49. The van der Waals surface area contributed by atoms with Crippen LogP contribution in [0.3, 0.4) is 0 Å². The Morgan fingerprint density at radius 1 is 0.866 bits per heavy atom. The van der Waals surface area contributed by atoms with Crippen LogP contribution in [0.4, 0.5) is 15.9 Å². The maximum Gasteiger partial charge on any atom is 0.319 e. The Labute approximate surface area is 391 Å². The number of ether oxygens (including phenoxy) is 1. The topological polar surface area (TPSA) is 151 Å². The monoisotopic (exact) mass is 911 g/mol. The first-order valence-electron chi connectivity index (χ1n) is 24.7. The van der Waals surface area contributed by atoms with Crippen molar-refractivity contribution in [2.75, 3.05) is 69.3 Å². The number of pyridine rings is 1. The van der Waals surface area contributed by atoms with E-state index in [1.165, 1.54) is 6.42 Å². The molecule has 2 aromatic heterocycles. The predicted molar refractivity (Wildman–Crippen MR) is 256 cm³/mol. The summed E-state index contributed by atoms with van der Waals surface area (Å²) < 4.78 is 23.5. The molecule has 4 atom stereocenters. The maximum atomic E-state index is 17.1. The summed E-state index contributed by atoms with van der Waals surface area (Å²) >= 11 is 0. The largest absolute Gasteiger partial charge is 0.508 e. The van der Waals surface area contributed by atoms with Gasteiger partial charge in [-0.05, 0) is 137 Å². The van der Waals surface area contributed by atoms with Gasteiger partial charge in [0.1, 0.15) is 41.7 Å². The highest BCUT2D eigenvalue weighted by molar-refractivity contribution is 6.03. The molecule has 6 aliphatic heterocycles. The molecule has 8 heterocycles. The van der Waals surface area contributed by atoms with Crippen molar-refractivity contribution >= 4 is 45.0 Å². The number of aromatic nitrogens is 3. The number of aromatic hydroxyl groups is 1. The number of benzene rings is 3. The number of carbonyl (C=O) groups is 2. The molecule has 5 saturated heterocycles. The van der Waals surface area contributed by atoms with E-state index < -0.39 is 18.1 Å². The van der Waals surface area contributed by atoms with Crippen molar-refractivity contribution in [2.45, 2.75) is 102 Å². The molecule has 14 nitrogen and oxygen atoms in total. The van der Waals surface area contributed by atoms with E-state index in [1.54, 1.807) is 23.2 Å². The number of anilines is 2. The highest BCUT2D eigenvalue weighted by Gasteiger charge is 2.41. The smallest absolute Gasteiger partial charge is 0.319 e.